The molecule has 18 heavy (non-hydrogen) atoms. The van der Waals surface area contributed by atoms with Gasteiger partial charge in [0.2, 0.25) is 0 Å². The Bertz CT molecular complexity index is 431. The van der Waals surface area contributed by atoms with Crippen LogP contribution in [-0.4, -0.2) is 43.5 Å². The number of amides is 1. The minimum absolute atomic E-state index is 0.0108. The van der Waals surface area contributed by atoms with E-state index in [1.54, 1.807) is 31.1 Å². The second-order valence-corrected chi connectivity index (χ2v) is 4.57. The summed E-state index contributed by atoms with van der Waals surface area (Å²) in [6.07, 6.45) is 0. The third-order valence-corrected chi connectivity index (χ3v) is 3.06. The molecule has 1 aliphatic rings. The summed E-state index contributed by atoms with van der Waals surface area (Å²) in [5.74, 6) is 0.635. The maximum absolute atomic E-state index is 11.8. The molecule has 1 aromatic rings. The Morgan fingerprint density at radius 2 is 2.11 bits per heavy atom. The summed E-state index contributed by atoms with van der Waals surface area (Å²) in [7, 11) is 1.59. The Hall–Kier alpha value is -1.59. The molecule has 1 saturated heterocycles. The molecule has 0 saturated carbocycles. The van der Waals surface area contributed by atoms with Crippen molar-refractivity contribution in [2.45, 2.75) is 12.5 Å². The highest BCUT2D eigenvalue weighted by molar-refractivity contribution is 5.95. The maximum atomic E-state index is 11.8. The Morgan fingerprint density at radius 3 is 2.67 bits per heavy atom. The van der Waals surface area contributed by atoms with Gasteiger partial charge in [-0.1, -0.05) is 0 Å². The minimum atomic E-state index is -0.701. The van der Waals surface area contributed by atoms with Crippen LogP contribution in [0.25, 0.3) is 0 Å². The lowest BCUT2D eigenvalue weighted by Gasteiger charge is -2.39. The van der Waals surface area contributed by atoms with Gasteiger partial charge in [-0.3, -0.25) is 4.79 Å². The van der Waals surface area contributed by atoms with Crippen LogP contribution in [0.1, 0.15) is 6.92 Å². The van der Waals surface area contributed by atoms with Crippen LogP contribution in [0.5, 0.6) is 5.75 Å². The van der Waals surface area contributed by atoms with Crippen molar-refractivity contribution in [3.8, 4) is 5.75 Å². The van der Waals surface area contributed by atoms with Gasteiger partial charge >= 0.3 is 0 Å². The number of hydrogen-bond donors (Lipinski definition) is 1. The van der Waals surface area contributed by atoms with E-state index < -0.39 is 5.60 Å². The van der Waals surface area contributed by atoms with E-state index in [2.05, 4.69) is 0 Å². The Morgan fingerprint density at radius 1 is 1.44 bits per heavy atom. The van der Waals surface area contributed by atoms with Crippen molar-refractivity contribution in [2.75, 3.05) is 31.8 Å². The molecule has 5 heteroatoms. The third-order valence-electron chi connectivity index (χ3n) is 3.06. The van der Waals surface area contributed by atoms with Crippen LogP contribution in [-0.2, 0) is 9.53 Å². The molecule has 98 valence electrons. The highest BCUT2D eigenvalue weighted by atomic mass is 16.5. The summed E-state index contributed by atoms with van der Waals surface area (Å²) in [5, 5.41) is 9.30. The number of aliphatic hydroxyl groups excluding tert-OH is 1. The molecule has 1 fully saturated rings. The van der Waals surface area contributed by atoms with Crippen LogP contribution in [0, 0.1) is 0 Å². The van der Waals surface area contributed by atoms with E-state index in [4.69, 9.17) is 9.47 Å². The van der Waals surface area contributed by atoms with Crippen molar-refractivity contribution >= 4 is 11.6 Å². The highest BCUT2D eigenvalue weighted by Gasteiger charge is 2.36. The van der Waals surface area contributed by atoms with Crippen molar-refractivity contribution in [1.29, 1.82) is 0 Å². The number of nitrogens with zero attached hydrogens (tertiary/aromatic N) is 1. The largest absolute Gasteiger partial charge is 0.497 e. The molecule has 0 aromatic heterocycles. The fraction of sp³-hybridized carbons (Fsp3) is 0.462. The van der Waals surface area contributed by atoms with Crippen molar-refractivity contribution in [2.24, 2.45) is 0 Å². The molecule has 1 aliphatic heterocycles. The number of methoxy groups -OCH3 is 1. The minimum Gasteiger partial charge on any atom is -0.497 e. The van der Waals surface area contributed by atoms with Gasteiger partial charge in [-0.15, -0.1) is 0 Å². The predicted molar refractivity (Wildman–Crippen MR) is 66.8 cm³/mol. The number of benzene rings is 1. The van der Waals surface area contributed by atoms with Crippen molar-refractivity contribution in [1.82, 2.24) is 0 Å². The molecule has 5 nitrogen and oxygen atoms in total. The van der Waals surface area contributed by atoms with Crippen molar-refractivity contribution < 1.29 is 19.4 Å². The lowest BCUT2D eigenvalue weighted by atomic mass is 10.0. The quantitative estimate of drug-likeness (QED) is 0.863. The first kappa shape index (κ1) is 12.9. The first-order valence-electron chi connectivity index (χ1n) is 5.77. The Labute approximate surface area is 106 Å². The normalized spacial score (nSPS) is 24.2. The van der Waals surface area contributed by atoms with Gasteiger partial charge in [0.05, 0.1) is 20.3 Å². The molecule has 0 radical (unpaired) electrons. The van der Waals surface area contributed by atoms with Gasteiger partial charge in [0.25, 0.3) is 5.91 Å². The lowest BCUT2D eigenvalue weighted by molar-refractivity contribution is -0.141. The van der Waals surface area contributed by atoms with Gasteiger partial charge in [-0.05, 0) is 31.2 Å². The van der Waals surface area contributed by atoms with Gasteiger partial charge in [-0.25, -0.2) is 0 Å². The molecule has 0 bridgehead atoms. The number of hydrogen-bond acceptors (Lipinski definition) is 4. The number of carbonyl (C=O) groups excluding carboxylic acids is 1. The molecule has 1 N–H and O–H groups in total. The maximum Gasteiger partial charge on any atom is 0.253 e. The molecule has 1 unspecified atom stereocenters. The molecule has 0 aliphatic carbocycles. The Kier molecular flexibility index (Phi) is 3.54. The predicted octanol–water partition coefficient (Wildman–Crippen LogP) is 0.809. The zero-order valence-corrected chi connectivity index (χ0v) is 10.5. The van der Waals surface area contributed by atoms with E-state index in [0.29, 0.717) is 6.54 Å². The van der Waals surface area contributed by atoms with E-state index in [9.17, 15) is 9.90 Å². The van der Waals surface area contributed by atoms with E-state index in [1.807, 2.05) is 12.1 Å². The van der Waals surface area contributed by atoms with Crippen molar-refractivity contribution in [3.63, 3.8) is 0 Å². The van der Waals surface area contributed by atoms with Crippen LogP contribution < -0.4 is 9.64 Å². The van der Waals surface area contributed by atoms with E-state index in [1.165, 1.54) is 0 Å². The van der Waals surface area contributed by atoms with Crippen LogP contribution in [0.2, 0.25) is 0 Å². The van der Waals surface area contributed by atoms with Gasteiger partial charge < -0.3 is 19.5 Å². The number of rotatable bonds is 3. The van der Waals surface area contributed by atoms with E-state index >= 15 is 0 Å². The molecular formula is C13H17NO4. The molecule has 1 atom stereocenters. The summed E-state index contributed by atoms with van der Waals surface area (Å²) < 4.78 is 10.4. The topological polar surface area (TPSA) is 59.0 Å². The van der Waals surface area contributed by atoms with Gasteiger partial charge in [0.15, 0.2) is 0 Å². The van der Waals surface area contributed by atoms with Crippen LogP contribution >= 0.6 is 0 Å². The van der Waals surface area contributed by atoms with Gasteiger partial charge in [-0.2, -0.15) is 0 Å². The first-order chi connectivity index (χ1) is 8.58. The third kappa shape index (κ3) is 2.47. The number of carbonyl (C=O) groups is 1. The summed E-state index contributed by atoms with van der Waals surface area (Å²) >= 11 is 0. The summed E-state index contributed by atoms with van der Waals surface area (Å²) in [5.41, 5.74) is 0.0807. The zero-order chi connectivity index (χ0) is 13.2. The van der Waals surface area contributed by atoms with E-state index in [0.717, 1.165) is 11.4 Å². The second-order valence-electron chi connectivity index (χ2n) is 4.57. The highest BCUT2D eigenvalue weighted by Crippen LogP contribution is 2.25. The second kappa shape index (κ2) is 4.96. The fourth-order valence-electron chi connectivity index (χ4n) is 1.88. The van der Waals surface area contributed by atoms with Crippen molar-refractivity contribution in [3.05, 3.63) is 24.3 Å². The number of aliphatic hydroxyl groups is 1. The van der Waals surface area contributed by atoms with Crippen LogP contribution in [0.15, 0.2) is 24.3 Å². The summed E-state index contributed by atoms with van der Waals surface area (Å²) in [4.78, 5) is 13.5. The molecule has 1 heterocycles. The number of morpholine rings is 1. The van der Waals surface area contributed by atoms with Crippen LogP contribution in [0.3, 0.4) is 0 Å². The SMILES string of the molecule is COc1ccc(N2CC(C)(CO)OCC2=O)cc1. The molecule has 0 spiro atoms. The summed E-state index contributed by atoms with van der Waals surface area (Å²) in [6, 6.07) is 7.24. The van der Waals surface area contributed by atoms with E-state index in [-0.39, 0.29) is 19.1 Å². The van der Waals surface area contributed by atoms with Gasteiger partial charge in [0, 0.05) is 5.69 Å². The monoisotopic (exact) mass is 251 g/mol. The lowest BCUT2D eigenvalue weighted by Crippen LogP contribution is -2.55. The standard InChI is InChI=1S/C13H17NO4/c1-13(9-15)8-14(12(16)7-18-13)10-3-5-11(17-2)6-4-10/h3-6,15H,7-9H2,1-2H3. The van der Waals surface area contributed by atoms with Gasteiger partial charge in [0.1, 0.15) is 18.0 Å². The average Bonchev–Trinajstić information content (AvgIpc) is 2.42. The number of ether oxygens (including phenoxy) is 2. The molecule has 1 aromatic carbocycles. The molecule has 1 amide bonds. The van der Waals surface area contributed by atoms with Crippen LogP contribution in [0.4, 0.5) is 5.69 Å². The fourth-order valence-corrected chi connectivity index (χ4v) is 1.88. The zero-order valence-electron chi connectivity index (χ0n) is 10.5. The summed E-state index contributed by atoms with van der Waals surface area (Å²) in [6.45, 7) is 2.00. The molecular weight excluding hydrogens is 234 g/mol. The Balaban J connectivity index is 2.21. The molecule has 2 rings (SSSR count). The average molecular weight is 251 g/mol. The smallest absolute Gasteiger partial charge is 0.253 e. The number of anilines is 1. The first-order valence-corrected chi connectivity index (χ1v) is 5.77.